The number of carbonyl (C=O) groups is 1. The van der Waals surface area contributed by atoms with E-state index in [4.69, 9.17) is 14.8 Å². The molecule has 1 aliphatic rings. The Bertz CT molecular complexity index is 1080. The number of pyridine rings is 1. The van der Waals surface area contributed by atoms with Gasteiger partial charge in [-0.25, -0.2) is 4.39 Å². The van der Waals surface area contributed by atoms with Crippen LogP contribution in [0.4, 0.5) is 4.39 Å². The highest BCUT2D eigenvalue weighted by atomic mass is 19.1. The topological polar surface area (TPSA) is 103 Å². The number of morpholine rings is 1. The van der Waals surface area contributed by atoms with Gasteiger partial charge in [0, 0.05) is 37.3 Å². The molecule has 37 heavy (non-hydrogen) atoms. The van der Waals surface area contributed by atoms with Crippen molar-refractivity contribution in [2.45, 2.75) is 71.1 Å². The molecule has 0 aliphatic carbocycles. The van der Waals surface area contributed by atoms with E-state index >= 15 is 0 Å². The lowest BCUT2D eigenvalue weighted by molar-refractivity contribution is -0.139. The average Bonchev–Trinajstić information content (AvgIpc) is 2.83. The van der Waals surface area contributed by atoms with Crippen molar-refractivity contribution < 1.29 is 29.2 Å². The smallest absolute Gasteiger partial charge is 0.305 e. The van der Waals surface area contributed by atoms with Crippen LogP contribution >= 0.6 is 0 Å². The largest absolute Gasteiger partial charge is 0.481 e. The van der Waals surface area contributed by atoms with Crippen molar-refractivity contribution in [3.63, 3.8) is 0 Å². The molecule has 0 radical (unpaired) electrons. The molecule has 0 saturated carbocycles. The fourth-order valence-corrected chi connectivity index (χ4v) is 4.70. The second-order valence-corrected chi connectivity index (χ2v) is 10.3. The Balaban J connectivity index is 2.17. The number of carboxylic acid groups (broad SMARTS) is 1. The Kier molecular flexibility index (Phi) is 10.3. The first kappa shape index (κ1) is 28.9. The van der Waals surface area contributed by atoms with Crippen LogP contribution in [0.25, 0.3) is 17.2 Å². The summed E-state index contributed by atoms with van der Waals surface area (Å²) in [6.45, 7) is 12.0. The molecule has 1 fully saturated rings. The van der Waals surface area contributed by atoms with Crippen LogP contribution in [0.2, 0.25) is 0 Å². The molecule has 3 N–H and O–H groups in total. The summed E-state index contributed by atoms with van der Waals surface area (Å²) in [5, 5.41) is 29.5. The van der Waals surface area contributed by atoms with Gasteiger partial charge in [0.25, 0.3) is 0 Å². The Hall–Kier alpha value is -2.65. The fraction of sp³-hybridized carbons (Fsp3) is 0.517. The number of nitrogens with zero attached hydrogens (tertiary/aromatic N) is 2. The third-order valence-corrected chi connectivity index (χ3v) is 6.52. The normalized spacial score (nSPS) is 16.6. The number of hydrogen-bond donors (Lipinski definition) is 3. The third kappa shape index (κ3) is 7.92. The molecule has 1 aromatic heterocycles. The number of aromatic nitrogens is 1. The maximum Gasteiger partial charge on any atom is 0.305 e. The standard InChI is InChI=1S/C29H39FN2O5/c1-18(2)28-24(10-9-22(33)15-23(34)16-26(35)36)27(20-5-7-21(30)8-6-20)25(29(31-28)19(3)4)17-32-11-13-37-14-12-32/h5-10,18-19,22-23,33-34H,11-17H2,1-4H3,(H,35,36)/b10-9+. The first-order chi connectivity index (χ1) is 17.6. The van der Waals surface area contributed by atoms with Crippen LogP contribution in [0.3, 0.4) is 0 Å². The van der Waals surface area contributed by atoms with Gasteiger partial charge in [0.05, 0.1) is 37.5 Å². The van der Waals surface area contributed by atoms with E-state index in [0.29, 0.717) is 19.8 Å². The van der Waals surface area contributed by atoms with E-state index in [1.807, 2.05) is 6.08 Å². The number of rotatable bonds is 11. The molecule has 3 rings (SSSR count). The molecule has 0 spiro atoms. The molecule has 1 aliphatic heterocycles. The van der Waals surface area contributed by atoms with E-state index in [9.17, 15) is 19.4 Å². The van der Waals surface area contributed by atoms with Gasteiger partial charge in [-0.2, -0.15) is 0 Å². The van der Waals surface area contributed by atoms with Gasteiger partial charge < -0.3 is 20.1 Å². The minimum absolute atomic E-state index is 0.0727. The highest BCUT2D eigenvalue weighted by Crippen LogP contribution is 2.38. The number of hydrogen-bond acceptors (Lipinski definition) is 6. The van der Waals surface area contributed by atoms with Gasteiger partial charge in [-0.05, 0) is 40.7 Å². The number of ether oxygens (including phenoxy) is 1. The molecular weight excluding hydrogens is 475 g/mol. The molecular formula is C29H39FN2O5. The molecule has 2 unspecified atom stereocenters. The molecule has 1 saturated heterocycles. The minimum atomic E-state index is -1.16. The highest BCUT2D eigenvalue weighted by Gasteiger charge is 2.25. The fourth-order valence-electron chi connectivity index (χ4n) is 4.70. The van der Waals surface area contributed by atoms with Crippen molar-refractivity contribution in [1.82, 2.24) is 9.88 Å². The van der Waals surface area contributed by atoms with E-state index < -0.39 is 24.6 Å². The van der Waals surface area contributed by atoms with Crippen LogP contribution in [-0.2, 0) is 16.1 Å². The summed E-state index contributed by atoms with van der Waals surface area (Å²) in [5.74, 6) is -1.21. The molecule has 2 atom stereocenters. The lowest BCUT2D eigenvalue weighted by atomic mass is 9.86. The highest BCUT2D eigenvalue weighted by molar-refractivity contribution is 5.80. The summed E-state index contributed by atoms with van der Waals surface area (Å²) in [6.07, 6.45) is 0.668. The number of aliphatic hydroxyl groups excluding tert-OH is 2. The van der Waals surface area contributed by atoms with Crippen LogP contribution in [-0.4, -0.2) is 69.7 Å². The molecule has 8 heteroatoms. The van der Waals surface area contributed by atoms with Crippen LogP contribution in [0.1, 0.15) is 74.9 Å². The molecule has 7 nitrogen and oxygen atoms in total. The first-order valence-corrected chi connectivity index (χ1v) is 13.0. The molecule has 0 amide bonds. The second-order valence-electron chi connectivity index (χ2n) is 10.3. The summed E-state index contributed by atoms with van der Waals surface area (Å²) < 4.78 is 19.5. The SMILES string of the molecule is CC(C)c1nc(C(C)C)c(CN2CCOCC2)c(-c2ccc(F)cc2)c1/C=C/C(O)CC(O)CC(=O)O. The number of aliphatic hydroxyl groups is 2. The van der Waals surface area contributed by atoms with Crippen molar-refractivity contribution in [2.24, 2.45) is 0 Å². The van der Waals surface area contributed by atoms with Crippen molar-refractivity contribution in [3.05, 3.63) is 58.7 Å². The summed E-state index contributed by atoms with van der Waals surface area (Å²) in [4.78, 5) is 18.4. The first-order valence-electron chi connectivity index (χ1n) is 13.0. The Morgan fingerprint density at radius 2 is 1.70 bits per heavy atom. The number of benzene rings is 1. The van der Waals surface area contributed by atoms with Crippen LogP contribution in [0.5, 0.6) is 0 Å². The summed E-state index contributed by atoms with van der Waals surface area (Å²) in [5.41, 5.74) is 5.56. The zero-order valence-corrected chi connectivity index (χ0v) is 22.2. The van der Waals surface area contributed by atoms with E-state index in [1.54, 1.807) is 18.2 Å². The van der Waals surface area contributed by atoms with E-state index in [0.717, 1.165) is 46.7 Å². The quantitative estimate of drug-likeness (QED) is 0.404. The van der Waals surface area contributed by atoms with Crippen molar-refractivity contribution >= 4 is 12.0 Å². The van der Waals surface area contributed by atoms with Crippen LogP contribution < -0.4 is 0 Å². The predicted molar refractivity (Wildman–Crippen MR) is 142 cm³/mol. The van der Waals surface area contributed by atoms with Gasteiger partial charge >= 0.3 is 5.97 Å². The lowest BCUT2D eigenvalue weighted by Gasteiger charge is -2.30. The molecule has 2 aromatic rings. The third-order valence-electron chi connectivity index (χ3n) is 6.52. The van der Waals surface area contributed by atoms with Gasteiger partial charge in [-0.3, -0.25) is 14.7 Å². The summed E-state index contributed by atoms with van der Waals surface area (Å²) in [6, 6.07) is 6.43. The zero-order chi connectivity index (χ0) is 27.1. The number of carboxylic acids is 1. The van der Waals surface area contributed by atoms with Crippen molar-refractivity contribution in [1.29, 1.82) is 0 Å². The summed E-state index contributed by atoms with van der Waals surface area (Å²) in [7, 11) is 0. The Morgan fingerprint density at radius 3 is 2.27 bits per heavy atom. The molecule has 2 heterocycles. The molecule has 202 valence electrons. The average molecular weight is 515 g/mol. The maximum atomic E-state index is 13.9. The van der Waals surface area contributed by atoms with Crippen molar-refractivity contribution in [2.75, 3.05) is 26.3 Å². The van der Waals surface area contributed by atoms with Gasteiger partial charge in [0.2, 0.25) is 0 Å². The Morgan fingerprint density at radius 1 is 1.08 bits per heavy atom. The predicted octanol–water partition coefficient (Wildman–Crippen LogP) is 4.57. The summed E-state index contributed by atoms with van der Waals surface area (Å²) >= 11 is 0. The van der Waals surface area contributed by atoms with Gasteiger partial charge in [-0.1, -0.05) is 52.0 Å². The molecule has 0 bridgehead atoms. The molecule has 1 aromatic carbocycles. The van der Waals surface area contributed by atoms with Gasteiger partial charge in [0.1, 0.15) is 5.82 Å². The minimum Gasteiger partial charge on any atom is -0.481 e. The monoisotopic (exact) mass is 514 g/mol. The van der Waals surface area contributed by atoms with Crippen molar-refractivity contribution in [3.8, 4) is 11.1 Å². The number of halogens is 1. The van der Waals surface area contributed by atoms with E-state index in [2.05, 4.69) is 32.6 Å². The van der Waals surface area contributed by atoms with E-state index in [-0.39, 0.29) is 24.1 Å². The van der Waals surface area contributed by atoms with Crippen LogP contribution in [0, 0.1) is 5.82 Å². The van der Waals surface area contributed by atoms with Gasteiger partial charge in [0.15, 0.2) is 0 Å². The lowest BCUT2D eigenvalue weighted by Crippen LogP contribution is -2.36. The maximum absolute atomic E-state index is 13.9. The second kappa shape index (κ2) is 13.2. The van der Waals surface area contributed by atoms with E-state index in [1.165, 1.54) is 12.1 Å². The number of aliphatic carboxylic acids is 1. The van der Waals surface area contributed by atoms with Crippen LogP contribution in [0.15, 0.2) is 30.3 Å². The van der Waals surface area contributed by atoms with Gasteiger partial charge in [-0.15, -0.1) is 0 Å². The zero-order valence-electron chi connectivity index (χ0n) is 22.2. The Labute approximate surface area is 218 Å².